The molecule has 4 rings (SSSR count). The Labute approximate surface area is 149 Å². The summed E-state index contributed by atoms with van der Waals surface area (Å²) in [6, 6.07) is 6.53. The second kappa shape index (κ2) is 6.40. The van der Waals surface area contributed by atoms with E-state index in [1.54, 1.807) is 18.2 Å². The van der Waals surface area contributed by atoms with Crippen LogP contribution in [0.15, 0.2) is 29.2 Å². The minimum Gasteiger partial charge on any atom is -0.349 e. The lowest BCUT2D eigenvalue weighted by Gasteiger charge is -2.28. The summed E-state index contributed by atoms with van der Waals surface area (Å²) in [6.45, 7) is 2.08. The lowest BCUT2D eigenvalue weighted by Crippen LogP contribution is -2.40. The normalized spacial score (nSPS) is 29.6. The van der Waals surface area contributed by atoms with Gasteiger partial charge in [-0.25, -0.2) is 13.1 Å². The third-order valence-corrected chi connectivity index (χ3v) is 7.62. The number of hydrogen-bond donors (Lipinski definition) is 2. The zero-order chi connectivity index (χ0) is 17.6. The van der Waals surface area contributed by atoms with Crippen molar-refractivity contribution in [3.05, 3.63) is 29.8 Å². The van der Waals surface area contributed by atoms with E-state index in [4.69, 9.17) is 0 Å². The van der Waals surface area contributed by atoms with Crippen molar-refractivity contribution < 1.29 is 13.2 Å². The second-order valence-electron chi connectivity index (χ2n) is 8.02. The average Bonchev–Trinajstić information content (AvgIpc) is 3.13. The molecule has 5 nitrogen and oxygen atoms in total. The van der Waals surface area contributed by atoms with Crippen molar-refractivity contribution in [2.24, 2.45) is 17.8 Å². The number of hydrogen-bond acceptors (Lipinski definition) is 3. The van der Waals surface area contributed by atoms with Crippen LogP contribution >= 0.6 is 0 Å². The Morgan fingerprint density at radius 3 is 2.60 bits per heavy atom. The molecule has 3 fully saturated rings. The molecule has 0 aromatic heterocycles. The van der Waals surface area contributed by atoms with E-state index in [2.05, 4.69) is 17.0 Å². The highest BCUT2D eigenvalue weighted by Gasteiger charge is 2.42. The number of sulfonamides is 1. The molecule has 1 aromatic rings. The van der Waals surface area contributed by atoms with Crippen molar-refractivity contribution in [2.45, 2.75) is 62.4 Å². The smallest absolute Gasteiger partial charge is 0.251 e. The molecule has 3 aliphatic rings. The zero-order valence-corrected chi connectivity index (χ0v) is 15.4. The highest BCUT2D eigenvalue weighted by atomic mass is 32.2. The zero-order valence-electron chi connectivity index (χ0n) is 14.6. The van der Waals surface area contributed by atoms with Crippen LogP contribution in [0.2, 0.25) is 0 Å². The second-order valence-corrected chi connectivity index (χ2v) is 9.74. The molecule has 0 radical (unpaired) electrons. The van der Waals surface area contributed by atoms with Gasteiger partial charge in [-0.1, -0.05) is 12.5 Å². The van der Waals surface area contributed by atoms with Gasteiger partial charge in [0.1, 0.15) is 0 Å². The van der Waals surface area contributed by atoms with Crippen LogP contribution < -0.4 is 10.0 Å². The first kappa shape index (κ1) is 17.0. The Bertz CT molecular complexity index is 773. The molecule has 136 valence electrons. The molecule has 3 saturated carbocycles. The van der Waals surface area contributed by atoms with Gasteiger partial charge in [0, 0.05) is 17.6 Å². The monoisotopic (exact) mass is 362 g/mol. The van der Waals surface area contributed by atoms with Crippen LogP contribution in [-0.4, -0.2) is 26.4 Å². The molecule has 25 heavy (non-hydrogen) atoms. The molecule has 4 atom stereocenters. The van der Waals surface area contributed by atoms with E-state index in [0.29, 0.717) is 11.5 Å². The Kier molecular flexibility index (Phi) is 4.36. The van der Waals surface area contributed by atoms with Crippen LogP contribution in [0.3, 0.4) is 0 Å². The van der Waals surface area contributed by atoms with E-state index in [1.165, 1.54) is 31.7 Å². The Morgan fingerprint density at radius 2 is 1.96 bits per heavy atom. The maximum absolute atomic E-state index is 12.6. The maximum atomic E-state index is 12.6. The quantitative estimate of drug-likeness (QED) is 0.817. The lowest BCUT2D eigenvalue weighted by atomic mass is 9.84. The number of amides is 1. The standard InChI is InChI=1S/C19H26N2O3S/c1-12(18-10-13-5-6-14(18)9-13)20-19(22)15-3-2-4-17(11-15)25(23,24)21-16-7-8-16/h2-4,11-14,16,18,21H,5-10H2,1H3,(H,20,22)/t12-,13-,14-,18+/m1/s1. The fourth-order valence-corrected chi connectivity index (χ4v) is 5.95. The average molecular weight is 362 g/mol. The first-order chi connectivity index (χ1) is 11.9. The highest BCUT2D eigenvalue weighted by molar-refractivity contribution is 7.89. The van der Waals surface area contributed by atoms with E-state index >= 15 is 0 Å². The molecule has 3 aliphatic carbocycles. The van der Waals surface area contributed by atoms with Gasteiger partial charge in [0.15, 0.2) is 0 Å². The SMILES string of the molecule is C[C@@H](NC(=O)c1cccc(S(=O)(=O)NC2CC2)c1)[C@@H]1C[C@@H]2CC[C@@H]1C2. The summed E-state index contributed by atoms with van der Waals surface area (Å²) in [4.78, 5) is 12.8. The maximum Gasteiger partial charge on any atom is 0.251 e. The molecule has 6 heteroatoms. The van der Waals surface area contributed by atoms with Crippen LogP contribution in [-0.2, 0) is 10.0 Å². The van der Waals surface area contributed by atoms with Crippen molar-refractivity contribution in [3.8, 4) is 0 Å². The molecule has 2 N–H and O–H groups in total. The van der Waals surface area contributed by atoms with Crippen LogP contribution in [0.25, 0.3) is 0 Å². The van der Waals surface area contributed by atoms with E-state index in [9.17, 15) is 13.2 Å². The summed E-state index contributed by atoms with van der Waals surface area (Å²) in [5, 5.41) is 3.10. The first-order valence-electron chi connectivity index (χ1n) is 9.35. The van der Waals surface area contributed by atoms with Crippen molar-refractivity contribution in [2.75, 3.05) is 0 Å². The molecule has 1 amide bonds. The molecule has 0 spiro atoms. The minimum absolute atomic E-state index is 0.0558. The third-order valence-electron chi connectivity index (χ3n) is 6.10. The molecule has 0 saturated heterocycles. The van der Waals surface area contributed by atoms with Crippen LogP contribution in [0, 0.1) is 17.8 Å². The molecular formula is C19H26N2O3S. The first-order valence-corrected chi connectivity index (χ1v) is 10.8. The summed E-state index contributed by atoms with van der Waals surface area (Å²) in [6.07, 6.45) is 6.93. The highest BCUT2D eigenvalue weighted by Crippen LogP contribution is 2.49. The summed E-state index contributed by atoms with van der Waals surface area (Å²) in [5.41, 5.74) is 0.411. The van der Waals surface area contributed by atoms with Crippen molar-refractivity contribution in [1.82, 2.24) is 10.0 Å². The molecule has 0 unspecified atom stereocenters. The number of rotatable bonds is 6. The van der Waals surface area contributed by atoms with Crippen molar-refractivity contribution in [3.63, 3.8) is 0 Å². The topological polar surface area (TPSA) is 75.3 Å². The van der Waals surface area contributed by atoms with E-state index in [0.717, 1.165) is 24.7 Å². The van der Waals surface area contributed by atoms with Gasteiger partial charge in [0.2, 0.25) is 10.0 Å². The summed E-state index contributed by atoms with van der Waals surface area (Å²) < 4.78 is 27.3. The van der Waals surface area contributed by atoms with Gasteiger partial charge >= 0.3 is 0 Å². The van der Waals surface area contributed by atoms with Crippen LogP contribution in [0.1, 0.15) is 55.8 Å². The largest absolute Gasteiger partial charge is 0.349 e. The fourth-order valence-electron chi connectivity index (χ4n) is 4.60. The summed E-state index contributed by atoms with van der Waals surface area (Å²) >= 11 is 0. The number of carbonyl (C=O) groups is 1. The van der Waals surface area contributed by atoms with Gasteiger partial charge in [-0.2, -0.15) is 0 Å². The Hall–Kier alpha value is -1.40. The predicted molar refractivity (Wildman–Crippen MR) is 95.7 cm³/mol. The summed E-state index contributed by atoms with van der Waals surface area (Å²) in [5.74, 6) is 1.97. The van der Waals surface area contributed by atoms with Gasteiger partial charge in [0.05, 0.1) is 4.90 Å². The van der Waals surface area contributed by atoms with Crippen molar-refractivity contribution >= 4 is 15.9 Å². The number of carbonyl (C=O) groups excluding carboxylic acids is 1. The third kappa shape index (κ3) is 3.60. The number of fused-ring (bicyclic) bond motifs is 2. The van der Waals surface area contributed by atoms with Crippen molar-refractivity contribution in [1.29, 1.82) is 0 Å². The van der Waals surface area contributed by atoms with Gasteiger partial charge in [-0.15, -0.1) is 0 Å². The van der Waals surface area contributed by atoms with Gasteiger partial charge in [-0.3, -0.25) is 4.79 Å². The van der Waals surface area contributed by atoms with E-state index < -0.39 is 10.0 Å². The lowest BCUT2D eigenvalue weighted by molar-refractivity contribution is 0.0915. The van der Waals surface area contributed by atoms with Crippen LogP contribution in [0.4, 0.5) is 0 Å². The van der Waals surface area contributed by atoms with Gasteiger partial charge in [0.25, 0.3) is 5.91 Å². The fraction of sp³-hybridized carbons (Fsp3) is 0.632. The Morgan fingerprint density at radius 1 is 1.16 bits per heavy atom. The molecule has 1 aromatic carbocycles. The van der Waals surface area contributed by atoms with Crippen LogP contribution in [0.5, 0.6) is 0 Å². The van der Waals surface area contributed by atoms with Gasteiger partial charge < -0.3 is 5.32 Å². The summed E-state index contributed by atoms with van der Waals surface area (Å²) in [7, 11) is -3.53. The minimum atomic E-state index is -3.53. The molecule has 0 heterocycles. The predicted octanol–water partition coefficient (Wildman–Crippen LogP) is 2.68. The molecular weight excluding hydrogens is 336 g/mol. The van der Waals surface area contributed by atoms with E-state index in [-0.39, 0.29) is 22.9 Å². The van der Waals surface area contributed by atoms with E-state index in [1.807, 2.05) is 0 Å². The molecule has 2 bridgehead atoms. The number of nitrogens with one attached hydrogen (secondary N) is 2. The van der Waals surface area contributed by atoms with Gasteiger partial charge in [-0.05, 0) is 75.0 Å². The number of benzene rings is 1. The Balaban J connectivity index is 1.44. The molecule has 0 aliphatic heterocycles.